The number of benzene rings is 2. The Hall–Kier alpha value is -3.36. The van der Waals surface area contributed by atoms with Crippen molar-refractivity contribution in [1.82, 2.24) is 0 Å². The summed E-state index contributed by atoms with van der Waals surface area (Å²) in [5.41, 5.74) is 2.64. The van der Waals surface area contributed by atoms with E-state index in [4.69, 9.17) is 23.4 Å². The molecule has 0 radical (unpaired) electrons. The number of aryl methyl sites for hydroxylation is 1. The molecule has 2 aliphatic heterocycles. The van der Waals surface area contributed by atoms with Gasteiger partial charge in [-0.15, -0.1) is 0 Å². The van der Waals surface area contributed by atoms with E-state index in [0.717, 1.165) is 10.0 Å². The Morgan fingerprint density at radius 3 is 2.90 bits per heavy atom. The molecule has 0 saturated heterocycles. The van der Waals surface area contributed by atoms with Crippen LogP contribution in [0.5, 0.6) is 17.2 Å². The van der Waals surface area contributed by atoms with Crippen LogP contribution in [-0.4, -0.2) is 18.5 Å². The highest BCUT2D eigenvalue weighted by molar-refractivity contribution is 9.10. The molecule has 0 saturated carbocycles. The average molecular weight is 483 g/mol. The van der Waals surface area contributed by atoms with Crippen LogP contribution in [0.3, 0.4) is 0 Å². The van der Waals surface area contributed by atoms with Crippen molar-refractivity contribution < 1.29 is 33.0 Å². The number of allylic oxidation sites excluding steroid dienone is 1. The smallest absolute Gasteiger partial charge is 0.379 e. The molecule has 31 heavy (non-hydrogen) atoms. The number of esters is 1. The Labute approximate surface area is 185 Å². The fraction of sp³-hybridized carbons (Fsp3) is 0.130. The zero-order valence-electron chi connectivity index (χ0n) is 16.3. The lowest BCUT2D eigenvalue weighted by Crippen LogP contribution is -2.12. The van der Waals surface area contributed by atoms with Crippen molar-refractivity contribution in [3.63, 3.8) is 0 Å². The molecule has 0 amide bonds. The van der Waals surface area contributed by atoms with Crippen LogP contribution in [0.1, 0.15) is 37.6 Å². The van der Waals surface area contributed by atoms with E-state index in [9.17, 15) is 9.59 Å². The molecule has 7 nitrogen and oxygen atoms in total. The Balaban J connectivity index is 1.47. The van der Waals surface area contributed by atoms with Gasteiger partial charge in [0.05, 0.1) is 18.4 Å². The standard InChI is InChI=1S/C23H15BrO7/c1-12-5-16(30-23(26)17-3-2-4-28-17)9-18-20(12)21(25)19(31-18)8-13-6-15(24)7-14-10-27-11-29-22(13)14/h2-9H,10-11H2,1H3/b19-8-. The zero-order chi connectivity index (χ0) is 21.5. The highest BCUT2D eigenvalue weighted by Crippen LogP contribution is 2.39. The van der Waals surface area contributed by atoms with Crippen LogP contribution in [0.25, 0.3) is 6.08 Å². The van der Waals surface area contributed by atoms with Gasteiger partial charge in [-0.3, -0.25) is 4.79 Å². The van der Waals surface area contributed by atoms with Gasteiger partial charge in [-0.05, 0) is 48.9 Å². The number of carbonyl (C=O) groups excluding carboxylic acids is 2. The number of fused-ring (bicyclic) bond motifs is 2. The molecule has 3 heterocycles. The van der Waals surface area contributed by atoms with Crippen LogP contribution in [0.15, 0.2) is 57.3 Å². The average Bonchev–Trinajstić information content (AvgIpc) is 3.37. The van der Waals surface area contributed by atoms with E-state index in [1.54, 1.807) is 25.1 Å². The summed E-state index contributed by atoms with van der Waals surface area (Å²) in [5.74, 6) is 0.585. The number of hydrogen-bond donors (Lipinski definition) is 0. The fourth-order valence-corrected chi connectivity index (χ4v) is 4.07. The summed E-state index contributed by atoms with van der Waals surface area (Å²) in [7, 11) is 0. The predicted molar refractivity (Wildman–Crippen MR) is 112 cm³/mol. The number of carbonyl (C=O) groups is 2. The molecule has 0 spiro atoms. The minimum absolute atomic E-state index is 0.0825. The second-order valence-corrected chi connectivity index (χ2v) is 7.93. The zero-order valence-corrected chi connectivity index (χ0v) is 17.9. The molecule has 0 aliphatic carbocycles. The van der Waals surface area contributed by atoms with Crippen LogP contribution in [-0.2, 0) is 11.3 Å². The van der Waals surface area contributed by atoms with E-state index in [0.29, 0.717) is 34.8 Å². The maximum Gasteiger partial charge on any atom is 0.379 e. The third kappa shape index (κ3) is 3.64. The molecule has 2 aliphatic rings. The van der Waals surface area contributed by atoms with E-state index in [1.807, 2.05) is 12.1 Å². The third-order valence-electron chi connectivity index (χ3n) is 4.87. The van der Waals surface area contributed by atoms with E-state index in [2.05, 4.69) is 15.9 Å². The second kappa shape index (κ2) is 7.72. The van der Waals surface area contributed by atoms with Crippen LogP contribution in [0.4, 0.5) is 0 Å². The van der Waals surface area contributed by atoms with Crippen LogP contribution in [0, 0.1) is 6.92 Å². The Kier molecular flexibility index (Phi) is 4.88. The minimum Gasteiger partial charge on any atom is -0.467 e. The summed E-state index contributed by atoms with van der Waals surface area (Å²) in [5, 5.41) is 0. The lowest BCUT2D eigenvalue weighted by atomic mass is 10.0. The monoisotopic (exact) mass is 482 g/mol. The van der Waals surface area contributed by atoms with Gasteiger partial charge in [-0.2, -0.15) is 0 Å². The number of ether oxygens (including phenoxy) is 4. The van der Waals surface area contributed by atoms with Crippen LogP contribution >= 0.6 is 15.9 Å². The van der Waals surface area contributed by atoms with Gasteiger partial charge >= 0.3 is 5.97 Å². The van der Waals surface area contributed by atoms with Crippen LogP contribution < -0.4 is 14.2 Å². The summed E-state index contributed by atoms with van der Waals surface area (Å²) >= 11 is 3.47. The molecule has 0 N–H and O–H groups in total. The molecule has 3 aromatic rings. The molecular formula is C23H15BrO7. The quantitative estimate of drug-likeness (QED) is 0.293. The Morgan fingerprint density at radius 2 is 2.10 bits per heavy atom. The molecule has 0 bridgehead atoms. The summed E-state index contributed by atoms with van der Waals surface area (Å²) in [6.45, 7) is 2.32. The molecular weight excluding hydrogens is 468 g/mol. The summed E-state index contributed by atoms with van der Waals surface area (Å²) in [6, 6.07) is 10.00. The van der Waals surface area contributed by atoms with E-state index < -0.39 is 5.97 Å². The minimum atomic E-state index is -0.635. The number of ketones is 1. The number of halogens is 1. The predicted octanol–water partition coefficient (Wildman–Crippen LogP) is 5.05. The first-order valence-corrected chi connectivity index (χ1v) is 10.2. The van der Waals surface area contributed by atoms with Gasteiger partial charge < -0.3 is 23.4 Å². The first-order valence-electron chi connectivity index (χ1n) is 9.37. The topological polar surface area (TPSA) is 84.2 Å². The summed E-state index contributed by atoms with van der Waals surface area (Å²) in [6.07, 6.45) is 3.03. The number of rotatable bonds is 3. The Bertz CT molecular complexity index is 1240. The SMILES string of the molecule is Cc1cc(OC(=O)c2ccco2)cc2c1C(=O)/C(=C/c1cc(Br)cc3c1OCOC3)O2. The van der Waals surface area contributed by atoms with Crippen molar-refractivity contribution in [2.45, 2.75) is 13.5 Å². The van der Waals surface area contributed by atoms with E-state index in [-0.39, 0.29) is 29.8 Å². The van der Waals surface area contributed by atoms with Gasteiger partial charge in [0, 0.05) is 21.7 Å². The van der Waals surface area contributed by atoms with Crippen molar-refractivity contribution in [2.24, 2.45) is 0 Å². The maximum atomic E-state index is 13.0. The third-order valence-corrected chi connectivity index (χ3v) is 5.32. The Morgan fingerprint density at radius 1 is 1.23 bits per heavy atom. The van der Waals surface area contributed by atoms with Gasteiger partial charge in [0.1, 0.15) is 17.2 Å². The van der Waals surface area contributed by atoms with Crippen molar-refractivity contribution in [2.75, 3.05) is 6.79 Å². The molecule has 1 aromatic heterocycles. The first kappa shape index (κ1) is 19.6. The van der Waals surface area contributed by atoms with Gasteiger partial charge in [-0.1, -0.05) is 15.9 Å². The van der Waals surface area contributed by atoms with Gasteiger partial charge in [0.25, 0.3) is 0 Å². The number of furan rings is 1. The van der Waals surface area contributed by atoms with Crippen molar-refractivity contribution >= 4 is 33.8 Å². The van der Waals surface area contributed by atoms with E-state index in [1.165, 1.54) is 18.4 Å². The van der Waals surface area contributed by atoms with Gasteiger partial charge in [0.2, 0.25) is 11.5 Å². The van der Waals surface area contributed by atoms with Crippen molar-refractivity contribution in [3.05, 3.63) is 80.9 Å². The normalized spacial score (nSPS) is 15.8. The highest BCUT2D eigenvalue weighted by atomic mass is 79.9. The highest BCUT2D eigenvalue weighted by Gasteiger charge is 2.31. The van der Waals surface area contributed by atoms with Crippen molar-refractivity contribution in [1.29, 1.82) is 0 Å². The summed E-state index contributed by atoms with van der Waals surface area (Å²) < 4.78 is 28.0. The van der Waals surface area contributed by atoms with Crippen molar-refractivity contribution in [3.8, 4) is 17.2 Å². The fourth-order valence-electron chi connectivity index (χ4n) is 3.55. The number of hydrogen-bond acceptors (Lipinski definition) is 7. The molecule has 8 heteroatoms. The molecule has 0 unspecified atom stereocenters. The largest absolute Gasteiger partial charge is 0.467 e. The molecule has 0 fully saturated rings. The van der Waals surface area contributed by atoms with Gasteiger partial charge in [-0.25, -0.2) is 4.79 Å². The van der Waals surface area contributed by atoms with Crippen LogP contribution in [0.2, 0.25) is 0 Å². The first-order chi connectivity index (χ1) is 15.0. The van der Waals surface area contributed by atoms with E-state index >= 15 is 0 Å². The lowest BCUT2D eigenvalue weighted by molar-refractivity contribution is -0.0165. The number of Topliss-reactive ketones (excluding diaryl/α,β-unsaturated/α-hetero) is 1. The molecule has 0 atom stereocenters. The molecule has 2 aromatic carbocycles. The molecule has 156 valence electrons. The molecule has 5 rings (SSSR count). The van der Waals surface area contributed by atoms with Gasteiger partial charge in [0.15, 0.2) is 12.6 Å². The maximum absolute atomic E-state index is 13.0. The summed E-state index contributed by atoms with van der Waals surface area (Å²) in [4.78, 5) is 25.2. The second-order valence-electron chi connectivity index (χ2n) is 7.01. The lowest BCUT2D eigenvalue weighted by Gasteiger charge is -2.20.